The molecule has 0 radical (unpaired) electrons. The van der Waals surface area contributed by atoms with E-state index in [4.69, 9.17) is 5.21 Å². The number of amidine groups is 1. The minimum atomic E-state index is -4.58. The molecule has 2 aliphatic heterocycles. The predicted octanol–water partition coefficient (Wildman–Crippen LogP) is 3.10. The number of hydrogen-bond donors (Lipinski definition) is 2. The molecule has 6 nitrogen and oxygen atoms in total. The fourth-order valence-corrected chi connectivity index (χ4v) is 3.52. The average Bonchev–Trinajstić information content (AvgIpc) is 2.67. The lowest BCUT2D eigenvalue weighted by Crippen LogP contribution is -2.80. The second-order valence-electron chi connectivity index (χ2n) is 6.73. The van der Waals surface area contributed by atoms with Crippen molar-refractivity contribution in [2.24, 2.45) is 4.99 Å². The van der Waals surface area contributed by atoms with Crippen LogP contribution in [0, 0.1) is 5.82 Å². The molecule has 2 atom stereocenters. The normalized spacial score (nSPS) is 21.9. The fraction of sp³-hybridized carbons (Fsp3) is 0.368. The summed E-state index contributed by atoms with van der Waals surface area (Å²) in [5.41, 5.74) is 0.749. The highest BCUT2D eigenvalue weighted by Crippen LogP contribution is 2.40. The van der Waals surface area contributed by atoms with Crippen molar-refractivity contribution in [2.75, 3.05) is 18.0 Å². The molecule has 156 valence electrons. The summed E-state index contributed by atoms with van der Waals surface area (Å²) in [4.78, 5) is 19.5. The molecule has 1 aromatic rings. The van der Waals surface area contributed by atoms with Crippen molar-refractivity contribution in [3.05, 3.63) is 54.0 Å². The van der Waals surface area contributed by atoms with Crippen molar-refractivity contribution in [2.45, 2.75) is 31.6 Å². The first-order valence-electron chi connectivity index (χ1n) is 8.95. The molecule has 0 aromatic heterocycles. The molecular formula is C19H20F4N4O2. The fourth-order valence-electron chi connectivity index (χ4n) is 3.52. The van der Waals surface area contributed by atoms with Crippen LogP contribution in [0.1, 0.15) is 18.9 Å². The number of benzene rings is 1. The number of alkyl halides is 3. The van der Waals surface area contributed by atoms with Gasteiger partial charge in [0.15, 0.2) is 0 Å². The van der Waals surface area contributed by atoms with E-state index < -0.39 is 23.5 Å². The number of hydrogen-bond acceptors (Lipinski definition) is 4. The van der Waals surface area contributed by atoms with Gasteiger partial charge in [-0.1, -0.05) is 19.6 Å². The van der Waals surface area contributed by atoms with Crippen LogP contribution in [-0.2, 0) is 11.0 Å². The summed E-state index contributed by atoms with van der Waals surface area (Å²) in [6, 6.07) is 2.63. The molecule has 1 amide bonds. The third kappa shape index (κ3) is 3.84. The third-order valence-corrected chi connectivity index (χ3v) is 5.18. The molecular weight excluding hydrogens is 392 g/mol. The quantitative estimate of drug-likeness (QED) is 0.148. The van der Waals surface area contributed by atoms with Gasteiger partial charge in [0.2, 0.25) is 0 Å². The van der Waals surface area contributed by atoms with Crippen LogP contribution in [0.5, 0.6) is 0 Å². The summed E-state index contributed by atoms with van der Waals surface area (Å²) in [7, 11) is 0. The van der Waals surface area contributed by atoms with Crippen molar-refractivity contribution in [1.29, 1.82) is 0 Å². The lowest BCUT2D eigenvalue weighted by molar-refractivity contribution is -0.137. The van der Waals surface area contributed by atoms with Crippen LogP contribution in [0.15, 0.2) is 47.6 Å². The van der Waals surface area contributed by atoms with E-state index >= 15 is 0 Å². The Morgan fingerprint density at radius 1 is 1.38 bits per heavy atom. The Morgan fingerprint density at radius 2 is 2.10 bits per heavy atom. The van der Waals surface area contributed by atoms with Crippen LogP contribution < -0.4 is 10.4 Å². The lowest BCUT2D eigenvalue weighted by atomic mass is 9.84. The first kappa shape index (κ1) is 20.8. The maximum absolute atomic E-state index is 14.2. The molecule has 10 heteroatoms. The first-order valence-corrected chi connectivity index (χ1v) is 8.95. The van der Waals surface area contributed by atoms with Gasteiger partial charge in [-0.15, -0.1) is 0 Å². The third-order valence-electron chi connectivity index (χ3n) is 5.18. The van der Waals surface area contributed by atoms with E-state index in [0.717, 1.165) is 6.07 Å². The summed E-state index contributed by atoms with van der Waals surface area (Å²) in [5.74, 6) is -0.910. The molecule has 0 spiro atoms. The van der Waals surface area contributed by atoms with Gasteiger partial charge < -0.3 is 9.80 Å². The van der Waals surface area contributed by atoms with Crippen molar-refractivity contribution < 1.29 is 27.6 Å². The monoisotopic (exact) mass is 412 g/mol. The highest BCUT2D eigenvalue weighted by molar-refractivity contribution is 5.95. The van der Waals surface area contributed by atoms with E-state index in [-0.39, 0.29) is 23.3 Å². The van der Waals surface area contributed by atoms with Gasteiger partial charge >= 0.3 is 6.18 Å². The molecule has 0 saturated carbocycles. The molecule has 2 unspecified atom stereocenters. The summed E-state index contributed by atoms with van der Waals surface area (Å²) >= 11 is 0. The molecule has 29 heavy (non-hydrogen) atoms. The van der Waals surface area contributed by atoms with Gasteiger partial charge in [0.05, 0.1) is 28.9 Å². The Bertz CT molecular complexity index is 881. The number of fused-ring (bicyclic) bond motifs is 1. The Labute approximate surface area is 164 Å². The number of hydroxylamine groups is 1. The standard InChI is InChI=1S/C19H20F4N4O2/c1-3-11(18(28)25-29)8-24-17(4-2)27-10-15-16(27)9-26(15)14-6-5-12(7-13(14)20)19(21,22)23/h3,5-8,15-16,29H,1,4,9-10H2,2H3,(H,25,28)/b11-8+,24-17?. The number of nitrogens with zero attached hydrogens (tertiary/aromatic N) is 3. The van der Waals surface area contributed by atoms with E-state index in [1.54, 1.807) is 4.90 Å². The maximum Gasteiger partial charge on any atom is 0.416 e. The van der Waals surface area contributed by atoms with Gasteiger partial charge in [0.1, 0.15) is 11.7 Å². The maximum atomic E-state index is 14.2. The number of nitrogens with one attached hydrogen (secondary N) is 1. The lowest BCUT2D eigenvalue weighted by Gasteiger charge is -2.63. The molecule has 1 aromatic carbocycles. The van der Waals surface area contributed by atoms with Gasteiger partial charge in [0, 0.05) is 25.7 Å². The summed E-state index contributed by atoms with van der Waals surface area (Å²) in [6.45, 7) is 6.39. The topological polar surface area (TPSA) is 68.2 Å². The average molecular weight is 412 g/mol. The van der Waals surface area contributed by atoms with Crippen LogP contribution in [0.25, 0.3) is 0 Å². The minimum Gasteiger partial charge on any atom is -0.360 e. The molecule has 0 bridgehead atoms. The second kappa shape index (κ2) is 7.86. The van der Waals surface area contributed by atoms with E-state index in [2.05, 4.69) is 11.6 Å². The number of likely N-dealkylation sites (tertiary alicyclic amines) is 1. The van der Waals surface area contributed by atoms with Crippen molar-refractivity contribution >= 4 is 17.4 Å². The number of piperazine rings is 1. The molecule has 2 saturated heterocycles. The summed E-state index contributed by atoms with van der Waals surface area (Å²) in [5, 5.41) is 8.69. The van der Waals surface area contributed by atoms with Crippen molar-refractivity contribution in [1.82, 2.24) is 10.4 Å². The van der Waals surface area contributed by atoms with Gasteiger partial charge in [0.25, 0.3) is 5.91 Å². The van der Waals surface area contributed by atoms with Crippen LogP contribution in [-0.4, -0.2) is 47.0 Å². The van der Waals surface area contributed by atoms with E-state index in [0.29, 0.717) is 31.4 Å². The molecule has 2 aliphatic rings. The van der Waals surface area contributed by atoms with Crippen molar-refractivity contribution in [3.63, 3.8) is 0 Å². The SMILES string of the molecule is C=C/C(=C\N=C(CC)N1CC2C1CN2c1ccc(C(F)(F)F)cc1F)C(=O)NO. The van der Waals surface area contributed by atoms with E-state index in [1.165, 1.54) is 23.8 Å². The Hall–Kier alpha value is -2.88. The zero-order chi connectivity index (χ0) is 21.3. The number of aliphatic imine (C=N–C) groups is 1. The minimum absolute atomic E-state index is 0.0124. The van der Waals surface area contributed by atoms with Crippen LogP contribution in [0.2, 0.25) is 0 Å². The van der Waals surface area contributed by atoms with Crippen molar-refractivity contribution in [3.8, 4) is 0 Å². The van der Waals surface area contributed by atoms with Crippen LogP contribution >= 0.6 is 0 Å². The molecule has 2 N–H and O–H groups in total. The highest BCUT2D eigenvalue weighted by Gasteiger charge is 2.53. The smallest absolute Gasteiger partial charge is 0.360 e. The van der Waals surface area contributed by atoms with Gasteiger partial charge in [-0.3, -0.25) is 10.0 Å². The molecule has 2 fully saturated rings. The van der Waals surface area contributed by atoms with Gasteiger partial charge in [-0.2, -0.15) is 13.2 Å². The summed E-state index contributed by atoms with van der Waals surface area (Å²) < 4.78 is 52.3. The zero-order valence-electron chi connectivity index (χ0n) is 15.6. The Balaban J connectivity index is 1.69. The Kier molecular flexibility index (Phi) is 5.65. The molecule has 0 aliphatic carbocycles. The van der Waals surface area contributed by atoms with Crippen LogP contribution in [0.4, 0.5) is 23.2 Å². The van der Waals surface area contributed by atoms with Crippen LogP contribution in [0.3, 0.4) is 0 Å². The molecule has 2 heterocycles. The van der Waals surface area contributed by atoms with E-state index in [1.807, 2.05) is 11.8 Å². The first-order chi connectivity index (χ1) is 13.7. The zero-order valence-corrected chi connectivity index (χ0v) is 15.6. The molecule has 3 rings (SSSR count). The Morgan fingerprint density at radius 3 is 2.59 bits per heavy atom. The predicted molar refractivity (Wildman–Crippen MR) is 99.0 cm³/mol. The highest BCUT2D eigenvalue weighted by atomic mass is 19.4. The summed E-state index contributed by atoms with van der Waals surface area (Å²) in [6.07, 6.45) is -1.43. The number of carbonyl (C=O) groups excluding carboxylic acids is 1. The number of amides is 1. The number of rotatable bonds is 5. The number of anilines is 1. The number of halogens is 4. The van der Waals surface area contributed by atoms with E-state index in [9.17, 15) is 22.4 Å². The largest absolute Gasteiger partial charge is 0.416 e. The second-order valence-corrected chi connectivity index (χ2v) is 6.73. The van der Waals surface area contributed by atoms with Gasteiger partial charge in [-0.05, 0) is 18.2 Å². The number of carbonyl (C=O) groups is 1. The van der Waals surface area contributed by atoms with Gasteiger partial charge in [-0.25, -0.2) is 14.9 Å².